The Labute approximate surface area is 184 Å². The van der Waals surface area contributed by atoms with Gasteiger partial charge in [0.15, 0.2) is 5.78 Å². The number of rotatable bonds is 9. The first-order valence-corrected chi connectivity index (χ1v) is 10.7. The number of ketones is 1. The second kappa shape index (κ2) is 10.1. The SMILES string of the molecule is CCCc1c(OCc2cccc(Sc3ccc(C(=O)O)cn3)c2)ccc(C(C)=O)c1O. The number of phenols is 1. The largest absolute Gasteiger partial charge is 0.507 e. The van der Waals surface area contributed by atoms with Gasteiger partial charge >= 0.3 is 5.97 Å². The number of aromatic nitrogens is 1. The number of carboxylic acid groups (broad SMARTS) is 1. The van der Waals surface area contributed by atoms with Crippen LogP contribution in [0.1, 0.15) is 52.1 Å². The van der Waals surface area contributed by atoms with E-state index in [2.05, 4.69) is 4.98 Å². The number of phenolic OH excluding ortho intramolecular Hbond substituents is 1. The number of carbonyl (C=O) groups is 2. The van der Waals surface area contributed by atoms with Gasteiger partial charge in [-0.25, -0.2) is 9.78 Å². The number of carbonyl (C=O) groups excluding carboxylic acids is 1. The van der Waals surface area contributed by atoms with Crippen LogP contribution in [-0.4, -0.2) is 26.9 Å². The van der Waals surface area contributed by atoms with E-state index in [1.54, 1.807) is 18.2 Å². The minimum absolute atomic E-state index is 0.00737. The molecule has 0 aliphatic carbocycles. The smallest absolute Gasteiger partial charge is 0.337 e. The molecule has 2 aromatic carbocycles. The number of nitrogens with zero attached hydrogens (tertiary/aromatic N) is 1. The summed E-state index contributed by atoms with van der Waals surface area (Å²) in [4.78, 5) is 27.8. The molecule has 2 N–H and O–H groups in total. The summed E-state index contributed by atoms with van der Waals surface area (Å²) >= 11 is 1.43. The fraction of sp³-hybridized carbons (Fsp3) is 0.208. The van der Waals surface area contributed by atoms with Crippen LogP contribution in [0.4, 0.5) is 0 Å². The van der Waals surface area contributed by atoms with Crippen molar-refractivity contribution in [3.63, 3.8) is 0 Å². The van der Waals surface area contributed by atoms with Gasteiger partial charge < -0.3 is 14.9 Å². The molecule has 0 spiro atoms. The maximum Gasteiger partial charge on any atom is 0.337 e. The molecular formula is C24H23NO5S. The van der Waals surface area contributed by atoms with Gasteiger partial charge in [0.2, 0.25) is 0 Å². The van der Waals surface area contributed by atoms with Crippen LogP contribution in [0.15, 0.2) is 64.6 Å². The Hall–Kier alpha value is -3.32. The van der Waals surface area contributed by atoms with Gasteiger partial charge in [-0.05, 0) is 55.3 Å². The summed E-state index contributed by atoms with van der Waals surface area (Å²) < 4.78 is 5.98. The van der Waals surface area contributed by atoms with Gasteiger partial charge in [0.05, 0.1) is 11.1 Å². The number of aromatic hydroxyl groups is 1. The molecule has 0 saturated heterocycles. The Balaban J connectivity index is 1.73. The molecule has 3 aromatic rings. The molecule has 0 bridgehead atoms. The third-order valence-electron chi connectivity index (χ3n) is 4.62. The molecule has 0 aliphatic heterocycles. The molecule has 6 nitrogen and oxygen atoms in total. The van der Waals surface area contributed by atoms with E-state index in [9.17, 15) is 14.7 Å². The maximum atomic E-state index is 11.7. The van der Waals surface area contributed by atoms with Gasteiger partial charge in [-0.1, -0.05) is 37.2 Å². The Morgan fingerprint density at radius 3 is 2.58 bits per heavy atom. The highest BCUT2D eigenvalue weighted by Crippen LogP contribution is 2.34. The summed E-state index contributed by atoms with van der Waals surface area (Å²) in [6.45, 7) is 3.73. The number of aromatic carboxylic acids is 1. The summed E-state index contributed by atoms with van der Waals surface area (Å²) in [7, 11) is 0. The molecule has 0 atom stereocenters. The molecule has 0 unspecified atom stereocenters. The molecule has 7 heteroatoms. The van der Waals surface area contributed by atoms with Crippen molar-refractivity contribution in [1.29, 1.82) is 0 Å². The Morgan fingerprint density at radius 1 is 1.13 bits per heavy atom. The quantitative estimate of drug-likeness (QED) is 0.434. The lowest BCUT2D eigenvalue weighted by Crippen LogP contribution is -2.02. The second-order valence-corrected chi connectivity index (χ2v) is 8.07. The zero-order valence-electron chi connectivity index (χ0n) is 17.3. The van der Waals surface area contributed by atoms with Crippen molar-refractivity contribution < 1.29 is 24.5 Å². The van der Waals surface area contributed by atoms with Crippen LogP contribution in [0.5, 0.6) is 11.5 Å². The van der Waals surface area contributed by atoms with E-state index >= 15 is 0 Å². The first-order valence-electron chi connectivity index (χ1n) is 9.83. The summed E-state index contributed by atoms with van der Waals surface area (Å²) in [5.74, 6) is -0.635. The average molecular weight is 438 g/mol. The highest BCUT2D eigenvalue weighted by Gasteiger charge is 2.16. The van der Waals surface area contributed by atoms with Crippen molar-refractivity contribution in [2.75, 3.05) is 0 Å². The van der Waals surface area contributed by atoms with Crippen LogP contribution < -0.4 is 4.74 Å². The van der Waals surface area contributed by atoms with E-state index in [1.807, 2.05) is 31.2 Å². The van der Waals surface area contributed by atoms with Crippen LogP contribution in [0, 0.1) is 0 Å². The Kier molecular flexibility index (Phi) is 7.31. The van der Waals surface area contributed by atoms with Gasteiger partial charge in [0, 0.05) is 16.7 Å². The zero-order valence-corrected chi connectivity index (χ0v) is 18.1. The lowest BCUT2D eigenvalue weighted by molar-refractivity contribution is 0.0696. The van der Waals surface area contributed by atoms with E-state index in [4.69, 9.17) is 9.84 Å². The van der Waals surface area contributed by atoms with E-state index in [0.29, 0.717) is 34.9 Å². The van der Waals surface area contributed by atoms with Gasteiger partial charge in [0.25, 0.3) is 0 Å². The van der Waals surface area contributed by atoms with E-state index in [0.717, 1.165) is 16.9 Å². The Bertz CT molecular complexity index is 1100. The monoisotopic (exact) mass is 437 g/mol. The first kappa shape index (κ1) is 22.4. The van der Waals surface area contributed by atoms with Crippen molar-refractivity contribution in [2.45, 2.75) is 43.2 Å². The molecule has 0 amide bonds. The number of Topliss-reactive ketones (excluding diaryl/α,β-unsaturated/α-hetero) is 1. The number of ether oxygens (including phenoxy) is 1. The van der Waals surface area contributed by atoms with Crippen molar-refractivity contribution >= 4 is 23.5 Å². The van der Waals surface area contributed by atoms with Gasteiger partial charge in [0.1, 0.15) is 23.1 Å². The average Bonchev–Trinajstić information content (AvgIpc) is 2.74. The van der Waals surface area contributed by atoms with E-state index < -0.39 is 5.97 Å². The predicted molar refractivity (Wildman–Crippen MR) is 118 cm³/mol. The molecule has 1 heterocycles. The standard InChI is InChI=1S/C24H23NO5S/c1-3-5-20-21(10-9-19(15(2)26)23(20)27)30-14-16-6-4-7-18(12-16)31-22-11-8-17(13-25-22)24(28)29/h4,6-13,27H,3,5,14H2,1-2H3,(H,28,29). The lowest BCUT2D eigenvalue weighted by Gasteiger charge is -2.15. The number of hydrogen-bond donors (Lipinski definition) is 2. The van der Waals surface area contributed by atoms with Crippen molar-refractivity contribution in [3.05, 3.63) is 77.0 Å². The summed E-state index contributed by atoms with van der Waals surface area (Å²) in [6, 6.07) is 14.3. The van der Waals surface area contributed by atoms with Crippen molar-refractivity contribution in [2.24, 2.45) is 0 Å². The molecule has 0 radical (unpaired) electrons. The van der Waals surface area contributed by atoms with Crippen LogP contribution in [0.25, 0.3) is 0 Å². The van der Waals surface area contributed by atoms with E-state index in [1.165, 1.54) is 30.9 Å². The minimum atomic E-state index is -1.01. The summed E-state index contributed by atoms with van der Waals surface area (Å²) in [5, 5.41) is 20.1. The van der Waals surface area contributed by atoms with Crippen LogP contribution in [-0.2, 0) is 13.0 Å². The summed E-state index contributed by atoms with van der Waals surface area (Å²) in [6.07, 6.45) is 2.76. The number of carboxylic acids is 1. The predicted octanol–water partition coefficient (Wildman–Crippen LogP) is 5.37. The van der Waals surface area contributed by atoms with Gasteiger partial charge in [-0.3, -0.25) is 4.79 Å². The topological polar surface area (TPSA) is 96.7 Å². The summed E-state index contributed by atoms with van der Waals surface area (Å²) in [5.41, 5.74) is 2.03. The second-order valence-electron chi connectivity index (χ2n) is 6.97. The van der Waals surface area contributed by atoms with Crippen LogP contribution in [0.3, 0.4) is 0 Å². The molecule has 1 aromatic heterocycles. The maximum absolute atomic E-state index is 11.7. The van der Waals surface area contributed by atoms with Crippen molar-refractivity contribution in [3.8, 4) is 11.5 Å². The Morgan fingerprint density at radius 2 is 1.94 bits per heavy atom. The number of pyridine rings is 1. The fourth-order valence-electron chi connectivity index (χ4n) is 3.08. The highest BCUT2D eigenvalue weighted by molar-refractivity contribution is 7.99. The van der Waals surface area contributed by atoms with Gasteiger partial charge in [-0.15, -0.1) is 0 Å². The lowest BCUT2D eigenvalue weighted by atomic mass is 10.0. The molecular weight excluding hydrogens is 414 g/mol. The van der Waals surface area contributed by atoms with Crippen LogP contribution in [0.2, 0.25) is 0 Å². The van der Waals surface area contributed by atoms with Crippen molar-refractivity contribution in [1.82, 2.24) is 4.98 Å². The molecule has 0 saturated carbocycles. The third-order valence-corrected chi connectivity index (χ3v) is 5.56. The minimum Gasteiger partial charge on any atom is -0.507 e. The number of hydrogen-bond acceptors (Lipinski definition) is 6. The van der Waals surface area contributed by atoms with Crippen LogP contribution >= 0.6 is 11.8 Å². The zero-order chi connectivity index (χ0) is 22.4. The van der Waals surface area contributed by atoms with E-state index in [-0.39, 0.29) is 17.1 Å². The van der Waals surface area contributed by atoms with Gasteiger partial charge in [-0.2, -0.15) is 0 Å². The normalized spacial score (nSPS) is 10.6. The first-order chi connectivity index (χ1) is 14.9. The molecule has 160 valence electrons. The third kappa shape index (κ3) is 5.64. The molecule has 31 heavy (non-hydrogen) atoms. The highest BCUT2D eigenvalue weighted by atomic mass is 32.2. The fourth-order valence-corrected chi connectivity index (χ4v) is 3.92. The molecule has 0 aliphatic rings. The molecule has 3 rings (SSSR count). The molecule has 0 fully saturated rings. The number of benzene rings is 2.